The van der Waals surface area contributed by atoms with Crippen molar-refractivity contribution in [3.05, 3.63) is 18.2 Å². The average molecular weight is 224 g/mol. The molecule has 1 aromatic heterocycles. The van der Waals surface area contributed by atoms with E-state index in [2.05, 4.69) is 28.8 Å². The van der Waals surface area contributed by atoms with Crippen molar-refractivity contribution in [2.24, 2.45) is 5.84 Å². The Balaban J connectivity index is 2.54. The summed E-state index contributed by atoms with van der Waals surface area (Å²) in [5.74, 6) is 6.00. The first-order chi connectivity index (χ1) is 7.69. The average Bonchev–Trinajstić information content (AvgIpc) is 2.74. The van der Waals surface area contributed by atoms with Crippen molar-refractivity contribution in [3.8, 4) is 0 Å². The maximum atomic E-state index is 11.0. The molecule has 0 fully saturated rings. The number of rotatable bonds is 6. The standard InChI is InChI=1S/C11H20N4O/c1-3-4-10-13-7-8-15(10)9(2)5-6-11(16)14-12/h7-9H,3-6,12H2,1-2H3,(H,14,16). The first-order valence-electron chi connectivity index (χ1n) is 5.70. The summed E-state index contributed by atoms with van der Waals surface area (Å²) < 4.78 is 2.13. The van der Waals surface area contributed by atoms with Crippen molar-refractivity contribution >= 4 is 5.91 Å². The molecule has 5 heteroatoms. The van der Waals surface area contributed by atoms with Gasteiger partial charge in [0.25, 0.3) is 0 Å². The summed E-state index contributed by atoms with van der Waals surface area (Å²) in [5, 5.41) is 0. The van der Waals surface area contributed by atoms with Crippen LogP contribution in [0.2, 0.25) is 0 Å². The van der Waals surface area contributed by atoms with Gasteiger partial charge in [0, 0.05) is 31.3 Å². The fraction of sp³-hybridized carbons (Fsp3) is 0.636. The molecule has 3 N–H and O–H groups in total. The van der Waals surface area contributed by atoms with Gasteiger partial charge in [-0.2, -0.15) is 0 Å². The highest BCUT2D eigenvalue weighted by Gasteiger charge is 2.10. The Kier molecular flexibility index (Phi) is 4.98. The fourth-order valence-electron chi connectivity index (χ4n) is 1.71. The molecule has 5 nitrogen and oxygen atoms in total. The van der Waals surface area contributed by atoms with E-state index in [1.165, 1.54) is 0 Å². The van der Waals surface area contributed by atoms with Crippen molar-refractivity contribution in [1.82, 2.24) is 15.0 Å². The lowest BCUT2D eigenvalue weighted by atomic mass is 10.1. The monoisotopic (exact) mass is 224 g/mol. The van der Waals surface area contributed by atoms with E-state index in [-0.39, 0.29) is 11.9 Å². The lowest BCUT2D eigenvalue weighted by Gasteiger charge is -2.15. The van der Waals surface area contributed by atoms with Crippen LogP contribution in [-0.4, -0.2) is 15.5 Å². The van der Waals surface area contributed by atoms with Gasteiger partial charge >= 0.3 is 0 Å². The largest absolute Gasteiger partial charge is 0.332 e. The Bertz CT molecular complexity index is 334. The van der Waals surface area contributed by atoms with E-state index in [4.69, 9.17) is 5.84 Å². The third-order valence-corrected chi connectivity index (χ3v) is 2.65. The highest BCUT2D eigenvalue weighted by atomic mass is 16.2. The molecule has 1 heterocycles. The van der Waals surface area contributed by atoms with E-state index in [1.807, 2.05) is 12.4 Å². The molecule has 1 rings (SSSR count). The number of hydrogen-bond acceptors (Lipinski definition) is 3. The zero-order valence-electron chi connectivity index (χ0n) is 9.94. The molecule has 0 aliphatic heterocycles. The van der Waals surface area contributed by atoms with Gasteiger partial charge in [0.2, 0.25) is 5.91 Å². The minimum atomic E-state index is -0.121. The normalized spacial score (nSPS) is 12.4. The molecule has 0 radical (unpaired) electrons. The number of nitrogens with zero attached hydrogens (tertiary/aromatic N) is 2. The predicted molar refractivity (Wildman–Crippen MR) is 62.5 cm³/mol. The maximum Gasteiger partial charge on any atom is 0.233 e. The number of imidazole rings is 1. The third kappa shape index (κ3) is 3.34. The molecule has 0 spiro atoms. The van der Waals surface area contributed by atoms with Gasteiger partial charge in [-0.15, -0.1) is 0 Å². The van der Waals surface area contributed by atoms with Crippen LogP contribution in [0.15, 0.2) is 12.4 Å². The Morgan fingerprint density at radius 1 is 1.69 bits per heavy atom. The second-order valence-corrected chi connectivity index (χ2v) is 3.96. The van der Waals surface area contributed by atoms with Crippen molar-refractivity contribution in [3.63, 3.8) is 0 Å². The highest BCUT2D eigenvalue weighted by molar-refractivity contribution is 5.75. The zero-order valence-corrected chi connectivity index (χ0v) is 9.94. The van der Waals surface area contributed by atoms with E-state index in [9.17, 15) is 4.79 Å². The Morgan fingerprint density at radius 3 is 3.06 bits per heavy atom. The van der Waals surface area contributed by atoms with E-state index >= 15 is 0 Å². The Hall–Kier alpha value is -1.36. The summed E-state index contributed by atoms with van der Waals surface area (Å²) in [6.45, 7) is 4.22. The quantitative estimate of drug-likeness (QED) is 0.433. The molecule has 0 aliphatic rings. The summed E-state index contributed by atoms with van der Waals surface area (Å²) in [4.78, 5) is 15.3. The Morgan fingerprint density at radius 2 is 2.44 bits per heavy atom. The fourth-order valence-corrected chi connectivity index (χ4v) is 1.71. The van der Waals surface area contributed by atoms with Crippen LogP contribution in [0.25, 0.3) is 0 Å². The topological polar surface area (TPSA) is 72.9 Å². The Labute approximate surface area is 96.0 Å². The van der Waals surface area contributed by atoms with Gasteiger partial charge in [-0.3, -0.25) is 10.2 Å². The molecule has 0 saturated carbocycles. The van der Waals surface area contributed by atoms with Crippen molar-refractivity contribution in [2.75, 3.05) is 0 Å². The number of nitrogens with two attached hydrogens (primary N) is 1. The van der Waals surface area contributed by atoms with Crippen LogP contribution in [-0.2, 0) is 11.2 Å². The smallest absolute Gasteiger partial charge is 0.233 e. The summed E-state index contributed by atoms with van der Waals surface area (Å²) in [5.41, 5.74) is 2.14. The second-order valence-electron chi connectivity index (χ2n) is 3.96. The van der Waals surface area contributed by atoms with Crippen LogP contribution in [0.1, 0.15) is 45.0 Å². The van der Waals surface area contributed by atoms with Gasteiger partial charge in [0.15, 0.2) is 0 Å². The summed E-state index contributed by atoms with van der Waals surface area (Å²) in [6, 6.07) is 0.279. The molecule has 0 aromatic carbocycles. The van der Waals surface area contributed by atoms with Crippen LogP contribution >= 0.6 is 0 Å². The van der Waals surface area contributed by atoms with Crippen molar-refractivity contribution in [1.29, 1.82) is 0 Å². The van der Waals surface area contributed by atoms with Gasteiger partial charge in [0.05, 0.1) is 0 Å². The number of hydrogen-bond donors (Lipinski definition) is 2. The number of carbonyl (C=O) groups is 1. The molecule has 1 amide bonds. The van der Waals surface area contributed by atoms with Crippen LogP contribution in [0.5, 0.6) is 0 Å². The molecule has 1 atom stereocenters. The van der Waals surface area contributed by atoms with Gasteiger partial charge in [-0.05, 0) is 19.8 Å². The second kappa shape index (κ2) is 6.27. The number of nitrogens with one attached hydrogen (secondary N) is 1. The molecule has 0 aliphatic carbocycles. The molecular weight excluding hydrogens is 204 g/mol. The van der Waals surface area contributed by atoms with Gasteiger partial charge in [-0.1, -0.05) is 6.92 Å². The lowest BCUT2D eigenvalue weighted by Crippen LogP contribution is -2.30. The van der Waals surface area contributed by atoms with E-state index in [0.29, 0.717) is 6.42 Å². The molecule has 90 valence electrons. The molecule has 1 aromatic rings. The minimum Gasteiger partial charge on any atom is -0.332 e. The van der Waals surface area contributed by atoms with E-state index in [1.54, 1.807) is 0 Å². The SMILES string of the molecule is CCCc1nccn1C(C)CCC(=O)NN. The molecule has 0 saturated heterocycles. The van der Waals surface area contributed by atoms with Gasteiger partial charge < -0.3 is 4.57 Å². The highest BCUT2D eigenvalue weighted by Crippen LogP contribution is 2.15. The number of amides is 1. The molecule has 0 bridgehead atoms. The maximum absolute atomic E-state index is 11.0. The van der Waals surface area contributed by atoms with Gasteiger partial charge in [0.1, 0.15) is 5.82 Å². The summed E-state index contributed by atoms with van der Waals surface area (Å²) in [7, 11) is 0. The predicted octanol–water partition coefficient (Wildman–Crippen LogP) is 1.17. The van der Waals surface area contributed by atoms with Gasteiger partial charge in [-0.25, -0.2) is 10.8 Å². The first-order valence-corrected chi connectivity index (χ1v) is 5.70. The number of hydrazine groups is 1. The van der Waals surface area contributed by atoms with Crippen LogP contribution < -0.4 is 11.3 Å². The zero-order chi connectivity index (χ0) is 12.0. The first kappa shape index (κ1) is 12.7. The van der Waals surface area contributed by atoms with Crippen LogP contribution in [0.3, 0.4) is 0 Å². The van der Waals surface area contributed by atoms with E-state index in [0.717, 1.165) is 25.1 Å². The van der Waals surface area contributed by atoms with Crippen molar-refractivity contribution < 1.29 is 4.79 Å². The number of aryl methyl sites for hydroxylation is 1. The summed E-state index contributed by atoms with van der Waals surface area (Å²) in [6.07, 6.45) is 7.05. The summed E-state index contributed by atoms with van der Waals surface area (Å²) >= 11 is 0. The molecular formula is C11H20N4O. The minimum absolute atomic E-state index is 0.121. The molecule has 16 heavy (non-hydrogen) atoms. The van der Waals surface area contributed by atoms with Crippen LogP contribution in [0, 0.1) is 0 Å². The third-order valence-electron chi connectivity index (χ3n) is 2.65. The molecule has 1 unspecified atom stereocenters. The van der Waals surface area contributed by atoms with Crippen molar-refractivity contribution in [2.45, 2.75) is 45.6 Å². The number of aromatic nitrogens is 2. The number of carbonyl (C=O) groups excluding carboxylic acids is 1. The van der Waals surface area contributed by atoms with Crippen LogP contribution in [0.4, 0.5) is 0 Å². The lowest BCUT2D eigenvalue weighted by molar-refractivity contribution is -0.121. The van der Waals surface area contributed by atoms with E-state index < -0.39 is 0 Å².